The van der Waals surface area contributed by atoms with Crippen LogP contribution in [0.3, 0.4) is 0 Å². The van der Waals surface area contributed by atoms with E-state index in [1.165, 1.54) is 30.8 Å². The number of nitrogens with one attached hydrogen (secondary N) is 2. The van der Waals surface area contributed by atoms with Gasteiger partial charge in [-0.2, -0.15) is 9.67 Å². The fraction of sp³-hybridized carbons (Fsp3) is 0.522. The SMILES string of the molecule is CC1(C)CC(Nc2nc(Nc3cccc(-n4nnnc4SCCO)c3)ncc2F)CC2CCCN21. The number of aliphatic hydroxyl groups is 1. The predicted molar refractivity (Wildman–Crippen MR) is 133 cm³/mol. The summed E-state index contributed by atoms with van der Waals surface area (Å²) in [6.45, 7) is 5.72. The zero-order valence-electron chi connectivity index (χ0n) is 19.9. The van der Waals surface area contributed by atoms with E-state index in [9.17, 15) is 4.39 Å². The van der Waals surface area contributed by atoms with Crippen LogP contribution in [0.15, 0.2) is 35.6 Å². The molecule has 2 aliphatic rings. The number of aliphatic hydroxyl groups excluding tert-OH is 1. The van der Waals surface area contributed by atoms with E-state index in [0.717, 1.165) is 25.1 Å². The van der Waals surface area contributed by atoms with Gasteiger partial charge < -0.3 is 15.7 Å². The highest BCUT2D eigenvalue weighted by Crippen LogP contribution is 2.38. The maximum Gasteiger partial charge on any atom is 0.229 e. The van der Waals surface area contributed by atoms with Crippen molar-refractivity contribution in [3.8, 4) is 5.69 Å². The van der Waals surface area contributed by atoms with Gasteiger partial charge in [-0.25, -0.2) is 9.37 Å². The molecular weight excluding hydrogens is 469 g/mol. The lowest BCUT2D eigenvalue weighted by Gasteiger charge is -2.47. The first-order chi connectivity index (χ1) is 16.9. The molecule has 0 radical (unpaired) electrons. The van der Waals surface area contributed by atoms with Gasteiger partial charge in [0.25, 0.3) is 0 Å². The van der Waals surface area contributed by atoms with Crippen molar-refractivity contribution >= 4 is 29.2 Å². The van der Waals surface area contributed by atoms with Crippen molar-refractivity contribution in [2.24, 2.45) is 0 Å². The number of aromatic nitrogens is 6. The number of fused-ring (bicyclic) bond motifs is 1. The largest absolute Gasteiger partial charge is 0.396 e. The predicted octanol–water partition coefficient (Wildman–Crippen LogP) is 3.24. The average molecular weight is 500 g/mol. The number of hydrogen-bond donors (Lipinski definition) is 3. The molecule has 2 saturated heterocycles. The molecular formula is C23H30FN9OS. The molecule has 3 aromatic rings. The van der Waals surface area contributed by atoms with Crippen molar-refractivity contribution in [1.29, 1.82) is 0 Å². The Hall–Kier alpha value is -2.83. The van der Waals surface area contributed by atoms with Crippen LogP contribution in [0.1, 0.15) is 39.5 Å². The molecule has 0 aliphatic carbocycles. The number of benzene rings is 1. The molecule has 2 atom stereocenters. The summed E-state index contributed by atoms with van der Waals surface area (Å²) in [7, 11) is 0. The molecule has 1 aromatic carbocycles. The Morgan fingerprint density at radius 1 is 1.31 bits per heavy atom. The van der Waals surface area contributed by atoms with Crippen molar-refractivity contribution < 1.29 is 9.50 Å². The Morgan fingerprint density at radius 2 is 2.20 bits per heavy atom. The summed E-state index contributed by atoms with van der Waals surface area (Å²) in [6.07, 6.45) is 5.53. The number of piperidine rings is 1. The van der Waals surface area contributed by atoms with Gasteiger partial charge in [0.05, 0.1) is 18.5 Å². The Bertz CT molecular complexity index is 1170. The van der Waals surface area contributed by atoms with Crippen molar-refractivity contribution in [2.45, 2.75) is 62.3 Å². The molecule has 4 heterocycles. The van der Waals surface area contributed by atoms with Crippen molar-refractivity contribution in [2.75, 3.05) is 29.5 Å². The summed E-state index contributed by atoms with van der Waals surface area (Å²) in [5.41, 5.74) is 1.53. The van der Waals surface area contributed by atoms with Crippen LogP contribution in [0.25, 0.3) is 5.69 Å². The van der Waals surface area contributed by atoms with E-state index in [0.29, 0.717) is 28.6 Å². The maximum absolute atomic E-state index is 14.6. The van der Waals surface area contributed by atoms with E-state index in [1.54, 1.807) is 4.68 Å². The smallest absolute Gasteiger partial charge is 0.229 e. The minimum absolute atomic E-state index is 0.0364. The van der Waals surface area contributed by atoms with Crippen LogP contribution in [0.4, 0.5) is 21.8 Å². The zero-order valence-corrected chi connectivity index (χ0v) is 20.7. The van der Waals surface area contributed by atoms with Crippen LogP contribution in [0.2, 0.25) is 0 Å². The van der Waals surface area contributed by atoms with Gasteiger partial charge >= 0.3 is 0 Å². The molecule has 12 heteroatoms. The van der Waals surface area contributed by atoms with Gasteiger partial charge in [-0.1, -0.05) is 17.8 Å². The summed E-state index contributed by atoms with van der Waals surface area (Å²) in [5.74, 6) is 0.550. The van der Waals surface area contributed by atoms with Crippen molar-refractivity contribution in [1.82, 2.24) is 35.1 Å². The number of hydrogen-bond acceptors (Lipinski definition) is 10. The molecule has 0 saturated carbocycles. The van der Waals surface area contributed by atoms with Crippen LogP contribution in [0, 0.1) is 5.82 Å². The second-order valence-corrected chi connectivity index (χ2v) is 10.7. The topological polar surface area (TPSA) is 117 Å². The highest BCUT2D eigenvalue weighted by Gasteiger charge is 2.43. The Morgan fingerprint density at radius 3 is 3.06 bits per heavy atom. The van der Waals surface area contributed by atoms with Gasteiger partial charge in [-0.05, 0) is 74.7 Å². The first-order valence-corrected chi connectivity index (χ1v) is 12.9. The third-order valence-corrected chi connectivity index (χ3v) is 7.55. The fourth-order valence-corrected chi connectivity index (χ4v) is 5.89. The standard InChI is InChI=1S/C23H30FN9OS/c1-23(2)13-16(12-17-7-4-8-32(17)23)26-20-19(24)14-25-21(28-20)27-15-5-3-6-18(11-15)33-22(29-30-31-33)35-10-9-34/h3,5-6,11,14,16-17,34H,4,7-10,12-13H2,1-2H3,(H2,25,26,27,28). The van der Waals surface area contributed by atoms with Gasteiger partial charge in [0.1, 0.15) is 0 Å². The molecule has 35 heavy (non-hydrogen) atoms. The highest BCUT2D eigenvalue weighted by atomic mass is 32.2. The lowest BCUT2D eigenvalue weighted by Crippen LogP contribution is -2.55. The number of tetrazole rings is 1. The van der Waals surface area contributed by atoms with Crippen LogP contribution in [-0.4, -0.2) is 76.7 Å². The maximum atomic E-state index is 14.6. The Labute approximate surface area is 207 Å². The van der Waals surface area contributed by atoms with Crippen LogP contribution in [-0.2, 0) is 0 Å². The van der Waals surface area contributed by atoms with Gasteiger partial charge in [-0.15, -0.1) is 5.10 Å². The van der Waals surface area contributed by atoms with E-state index in [2.05, 4.69) is 54.9 Å². The summed E-state index contributed by atoms with van der Waals surface area (Å²) < 4.78 is 16.2. The van der Waals surface area contributed by atoms with Gasteiger partial charge in [0, 0.05) is 29.1 Å². The summed E-state index contributed by atoms with van der Waals surface area (Å²) in [4.78, 5) is 11.2. The number of halogens is 1. The minimum Gasteiger partial charge on any atom is -0.396 e. The van der Waals surface area contributed by atoms with Gasteiger partial charge in [0.2, 0.25) is 11.1 Å². The zero-order chi connectivity index (χ0) is 24.4. The molecule has 10 nitrogen and oxygen atoms in total. The first kappa shape index (κ1) is 23.9. The molecule has 3 N–H and O–H groups in total. The molecule has 5 rings (SSSR count). The lowest BCUT2D eigenvalue weighted by atomic mass is 9.84. The van der Waals surface area contributed by atoms with Crippen molar-refractivity contribution in [3.63, 3.8) is 0 Å². The van der Waals surface area contributed by atoms with Gasteiger partial charge in [0.15, 0.2) is 11.6 Å². The molecule has 2 fully saturated rings. The minimum atomic E-state index is -0.463. The van der Waals surface area contributed by atoms with E-state index < -0.39 is 5.82 Å². The second kappa shape index (κ2) is 10.0. The Kier molecular flexibility index (Phi) is 6.85. The van der Waals surface area contributed by atoms with Crippen LogP contribution >= 0.6 is 11.8 Å². The quantitative estimate of drug-likeness (QED) is 0.399. The second-order valence-electron chi connectivity index (χ2n) is 9.59. The van der Waals surface area contributed by atoms with Crippen LogP contribution < -0.4 is 10.6 Å². The molecule has 186 valence electrons. The molecule has 0 bridgehead atoms. The first-order valence-electron chi connectivity index (χ1n) is 11.9. The summed E-state index contributed by atoms with van der Waals surface area (Å²) in [5, 5.41) is 28.0. The summed E-state index contributed by atoms with van der Waals surface area (Å²) in [6, 6.07) is 8.15. The van der Waals surface area contributed by atoms with E-state index >= 15 is 0 Å². The number of anilines is 3. The van der Waals surface area contributed by atoms with E-state index in [-0.39, 0.29) is 24.0 Å². The monoisotopic (exact) mass is 499 g/mol. The normalized spacial score (nSPS) is 21.6. The number of thioether (sulfide) groups is 1. The summed E-state index contributed by atoms with van der Waals surface area (Å²) >= 11 is 1.36. The molecule has 2 aromatic heterocycles. The fourth-order valence-electron chi connectivity index (χ4n) is 5.25. The molecule has 2 unspecified atom stereocenters. The van der Waals surface area contributed by atoms with Crippen molar-refractivity contribution in [3.05, 3.63) is 36.3 Å². The Balaban J connectivity index is 1.31. The number of rotatable bonds is 8. The van der Waals surface area contributed by atoms with E-state index in [4.69, 9.17) is 5.11 Å². The van der Waals surface area contributed by atoms with Crippen LogP contribution in [0.5, 0.6) is 0 Å². The lowest BCUT2D eigenvalue weighted by molar-refractivity contribution is 0.0500. The molecule has 0 amide bonds. The highest BCUT2D eigenvalue weighted by molar-refractivity contribution is 7.99. The third-order valence-electron chi connectivity index (χ3n) is 6.65. The van der Waals surface area contributed by atoms with Gasteiger partial charge in [-0.3, -0.25) is 4.90 Å². The average Bonchev–Trinajstić information content (AvgIpc) is 3.50. The number of nitrogens with zero attached hydrogens (tertiary/aromatic N) is 7. The molecule has 2 aliphatic heterocycles. The molecule has 0 spiro atoms. The van der Waals surface area contributed by atoms with E-state index in [1.807, 2.05) is 24.3 Å². The third kappa shape index (κ3) is 5.24.